The van der Waals surface area contributed by atoms with Gasteiger partial charge in [-0.25, -0.2) is 4.98 Å². The number of pyridine rings is 1. The van der Waals surface area contributed by atoms with Crippen LogP contribution < -0.4 is 34.7 Å². The Morgan fingerprint density at radius 1 is 1.29 bits per heavy atom. The summed E-state index contributed by atoms with van der Waals surface area (Å²) in [4.78, 5) is 15.4. The SMILES string of the molecule is CCCc1nc(C(=O)[O-])cc2c3ccccc3n(C)c12.[Na+]. The summed E-state index contributed by atoms with van der Waals surface area (Å²) >= 11 is 0. The fraction of sp³-hybridized carbons (Fsp3) is 0.250. The molecular formula is C16H15N2NaO2. The Balaban J connectivity index is 0.00000161. The average molecular weight is 290 g/mol. The minimum Gasteiger partial charge on any atom is -0.543 e. The predicted octanol–water partition coefficient (Wildman–Crippen LogP) is -0.953. The summed E-state index contributed by atoms with van der Waals surface area (Å²) in [5, 5.41) is 13.1. The molecule has 0 aliphatic heterocycles. The number of hydrogen-bond acceptors (Lipinski definition) is 3. The van der Waals surface area contributed by atoms with Crippen LogP contribution in [0.3, 0.4) is 0 Å². The topological polar surface area (TPSA) is 57.9 Å². The van der Waals surface area contributed by atoms with Crippen LogP contribution in [0.25, 0.3) is 21.8 Å². The van der Waals surface area contributed by atoms with Crippen molar-refractivity contribution in [2.75, 3.05) is 0 Å². The first-order chi connectivity index (χ1) is 9.63. The Morgan fingerprint density at radius 3 is 2.67 bits per heavy atom. The average Bonchev–Trinajstić information content (AvgIpc) is 2.73. The minimum atomic E-state index is -1.22. The number of aromatic nitrogens is 2. The van der Waals surface area contributed by atoms with Crippen LogP contribution >= 0.6 is 0 Å². The van der Waals surface area contributed by atoms with E-state index in [2.05, 4.69) is 16.5 Å². The van der Waals surface area contributed by atoms with Gasteiger partial charge < -0.3 is 14.5 Å². The van der Waals surface area contributed by atoms with E-state index >= 15 is 0 Å². The van der Waals surface area contributed by atoms with Gasteiger partial charge in [-0.3, -0.25) is 0 Å². The van der Waals surface area contributed by atoms with Crippen LogP contribution in [-0.4, -0.2) is 15.5 Å². The molecule has 0 fully saturated rings. The third-order valence-electron chi connectivity index (χ3n) is 3.65. The van der Waals surface area contributed by atoms with E-state index in [-0.39, 0.29) is 35.3 Å². The number of aryl methyl sites for hydroxylation is 2. The van der Waals surface area contributed by atoms with Crippen LogP contribution in [0.15, 0.2) is 30.3 Å². The first-order valence-corrected chi connectivity index (χ1v) is 6.72. The summed E-state index contributed by atoms with van der Waals surface area (Å²) in [6.07, 6.45) is 1.67. The largest absolute Gasteiger partial charge is 1.00 e. The molecule has 21 heavy (non-hydrogen) atoms. The van der Waals surface area contributed by atoms with Gasteiger partial charge in [0.25, 0.3) is 0 Å². The maximum absolute atomic E-state index is 11.2. The standard InChI is InChI=1S/C16H16N2O2.Na/c1-3-6-12-15-11(9-13(17-12)16(19)20)10-7-4-5-8-14(10)18(15)2;/h4-5,7-9H,3,6H2,1-2H3,(H,19,20);/q;+1/p-1. The third kappa shape index (κ3) is 2.59. The molecule has 0 atom stereocenters. The number of fused-ring (bicyclic) bond motifs is 3. The normalized spacial score (nSPS) is 10.8. The van der Waals surface area contributed by atoms with Crippen LogP contribution in [-0.2, 0) is 13.5 Å². The smallest absolute Gasteiger partial charge is 0.543 e. The van der Waals surface area contributed by atoms with E-state index in [1.165, 1.54) is 0 Å². The Hall–Kier alpha value is -1.36. The van der Waals surface area contributed by atoms with E-state index in [1.807, 2.05) is 31.3 Å². The zero-order valence-corrected chi connectivity index (χ0v) is 14.5. The van der Waals surface area contributed by atoms with Crippen molar-refractivity contribution in [2.24, 2.45) is 7.05 Å². The van der Waals surface area contributed by atoms with Gasteiger partial charge in [0, 0.05) is 23.3 Å². The number of carbonyl (C=O) groups is 1. The molecular weight excluding hydrogens is 275 g/mol. The number of rotatable bonds is 3. The van der Waals surface area contributed by atoms with Crippen molar-refractivity contribution in [3.05, 3.63) is 41.7 Å². The molecule has 0 spiro atoms. The Labute approximate surface area is 145 Å². The molecule has 0 aliphatic carbocycles. The van der Waals surface area contributed by atoms with Crippen LogP contribution in [0.1, 0.15) is 29.5 Å². The number of carboxylic acid groups (broad SMARTS) is 1. The Bertz CT molecular complexity index is 824. The van der Waals surface area contributed by atoms with E-state index < -0.39 is 5.97 Å². The van der Waals surface area contributed by atoms with Crippen molar-refractivity contribution in [3.8, 4) is 0 Å². The van der Waals surface area contributed by atoms with Gasteiger partial charge in [-0.1, -0.05) is 31.5 Å². The molecule has 3 aromatic rings. The maximum atomic E-state index is 11.2. The molecule has 5 heteroatoms. The molecule has 3 rings (SSSR count). The Morgan fingerprint density at radius 2 is 2.00 bits per heavy atom. The summed E-state index contributed by atoms with van der Waals surface area (Å²) in [6.45, 7) is 2.06. The van der Waals surface area contributed by atoms with Gasteiger partial charge >= 0.3 is 29.6 Å². The van der Waals surface area contributed by atoms with Crippen molar-refractivity contribution < 1.29 is 39.5 Å². The van der Waals surface area contributed by atoms with Gasteiger partial charge in [-0.15, -0.1) is 0 Å². The molecule has 0 radical (unpaired) electrons. The fourth-order valence-corrected chi connectivity index (χ4v) is 2.80. The molecule has 102 valence electrons. The molecule has 0 N–H and O–H groups in total. The molecule has 1 aromatic carbocycles. The molecule has 0 bridgehead atoms. The summed E-state index contributed by atoms with van der Waals surface area (Å²) in [7, 11) is 1.99. The quantitative estimate of drug-likeness (QED) is 0.584. The number of hydrogen-bond donors (Lipinski definition) is 0. The first-order valence-electron chi connectivity index (χ1n) is 6.72. The van der Waals surface area contributed by atoms with Gasteiger partial charge in [-0.2, -0.15) is 0 Å². The van der Waals surface area contributed by atoms with Crippen molar-refractivity contribution in [1.82, 2.24) is 9.55 Å². The Kier molecular flexibility index (Phi) is 4.71. The summed E-state index contributed by atoms with van der Waals surface area (Å²) in [5.41, 5.74) is 2.93. The second kappa shape index (κ2) is 6.18. The molecule has 0 aliphatic rings. The molecule has 0 unspecified atom stereocenters. The van der Waals surface area contributed by atoms with Crippen LogP contribution in [0.5, 0.6) is 0 Å². The first kappa shape index (κ1) is 16.0. The monoisotopic (exact) mass is 290 g/mol. The molecule has 2 heterocycles. The number of benzene rings is 1. The van der Waals surface area contributed by atoms with Gasteiger partial charge in [0.1, 0.15) is 0 Å². The summed E-state index contributed by atoms with van der Waals surface area (Å²) in [5.74, 6) is -1.22. The van der Waals surface area contributed by atoms with Crippen molar-refractivity contribution in [1.29, 1.82) is 0 Å². The third-order valence-corrected chi connectivity index (χ3v) is 3.65. The van der Waals surface area contributed by atoms with Gasteiger partial charge in [0.2, 0.25) is 0 Å². The van der Waals surface area contributed by atoms with Gasteiger partial charge in [0.15, 0.2) is 0 Å². The maximum Gasteiger partial charge on any atom is 1.00 e. The van der Waals surface area contributed by atoms with Crippen molar-refractivity contribution >= 4 is 27.8 Å². The van der Waals surface area contributed by atoms with Crippen LogP contribution in [0.2, 0.25) is 0 Å². The number of para-hydroxylation sites is 1. The molecule has 0 saturated heterocycles. The number of nitrogens with zero attached hydrogens (tertiary/aromatic N) is 2. The van der Waals surface area contributed by atoms with E-state index in [9.17, 15) is 9.90 Å². The van der Waals surface area contributed by atoms with Gasteiger partial charge in [-0.05, 0) is 18.6 Å². The van der Waals surface area contributed by atoms with E-state index in [1.54, 1.807) is 6.07 Å². The number of carbonyl (C=O) groups excluding carboxylic acids is 1. The van der Waals surface area contributed by atoms with E-state index in [0.29, 0.717) is 0 Å². The predicted molar refractivity (Wildman–Crippen MR) is 76.5 cm³/mol. The second-order valence-electron chi connectivity index (χ2n) is 4.96. The molecule has 4 nitrogen and oxygen atoms in total. The zero-order chi connectivity index (χ0) is 14.3. The second-order valence-corrected chi connectivity index (χ2v) is 4.96. The van der Waals surface area contributed by atoms with Crippen LogP contribution in [0, 0.1) is 0 Å². The van der Waals surface area contributed by atoms with Crippen molar-refractivity contribution in [3.63, 3.8) is 0 Å². The van der Waals surface area contributed by atoms with E-state index in [4.69, 9.17) is 0 Å². The van der Waals surface area contributed by atoms with Crippen molar-refractivity contribution in [2.45, 2.75) is 19.8 Å². The zero-order valence-electron chi connectivity index (χ0n) is 12.5. The van der Waals surface area contributed by atoms with Gasteiger partial charge in [0.05, 0.1) is 22.9 Å². The summed E-state index contributed by atoms with van der Waals surface area (Å²) in [6, 6.07) is 9.59. The minimum absolute atomic E-state index is 0. The molecule has 0 amide bonds. The van der Waals surface area contributed by atoms with Crippen LogP contribution in [0.4, 0.5) is 0 Å². The van der Waals surface area contributed by atoms with E-state index in [0.717, 1.165) is 40.3 Å². The number of carboxylic acids is 1. The molecule has 2 aromatic heterocycles. The molecule has 0 saturated carbocycles. The fourth-order valence-electron chi connectivity index (χ4n) is 2.80. The number of aromatic carboxylic acids is 1. The summed E-state index contributed by atoms with van der Waals surface area (Å²) < 4.78 is 2.09.